The second kappa shape index (κ2) is 7.06. The van der Waals surface area contributed by atoms with Crippen LogP contribution < -0.4 is 5.73 Å². The van der Waals surface area contributed by atoms with Crippen molar-refractivity contribution in [2.45, 2.75) is 52.5 Å². The summed E-state index contributed by atoms with van der Waals surface area (Å²) in [6, 6.07) is 6.88. The minimum atomic E-state index is 0.223. The van der Waals surface area contributed by atoms with Crippen LogP contribution in [0.5, 0.6) is 0 Å². The van der Waals surface area contributed by atoms with Gasteiger partial charge in [-0.1, -0.05) is 39.0 Å². The molecular formula is C17H30N2. The summed E-state index contributed by atoms with van der Waals surface area (Å²) in [7, 11) is 2.19. The molecule has 2 nitrogen and oxygen atoms in total. The standard InChI is InChI=1S/C17H30N2/c1-14-8-9-16(17(2,3)4)12-15(14)13-19(5)11-7-6-10-18/h8-9,12H,6-7,10-11,13,18H2,1-5H3. The zero-order valence-electron chi connectivity index (χ0n) is 13.3. The van der Waals surface area contributed by atoms with Gasteiger partial charge in [-0.15, -0.1) is 0 Å². The molecule has 0 atom stereocenters. The summed E-state index contributed by atoms with van der Waals surface area (Å²) in [4.78, 5) is 2.39. The summed E-state index contributed by atoms with van der Waals surface area (Å²) in [5.74, 6) is 0. The molecule has 0 heterocycles. The Bertz CT molecular complexity index is 391. The molecular weight excluding hydrogens is 232 g/mol. The fraction of sp³-hybridized carbons (Fsp3) is 0.647. The van der Waals surface area contributed by atoms with Crippen molar-refractivity contribution in [2.24, 2.45) is 5.73 Å². The van der Waals surface area contributed by atoms with Crippen molar-refractivity contribution in [3.63, 3.8) is 0 Å². The molecule has 19 heavy (non-hydrogen) atoms. The van der Waals surface area contributed by atoms with Gasteiger partial charge < -0.3 is 10.6 Å². The smallest absolute Gasteiger partial charge is 0.0233 e. The number of nitrogens with two attached hydrogens (primary N) is 1. The second-order valence-electron chi connectivity index (χ2n) is 6.62. The minimum Gasteiger partial charge on any atom is -0.330 e. The van der Waals surface area contributed by atoms with E-state index in [4.69, 9.17) is 5.73 Å². The number of hydrogen-bond donors (Lipinski definition) is 1. The van der Waals surface area contributed by atoms with Gasteiger partial charge in [-0.25, -0.2) is 0 Å². The molecule has 0 radical (unpaired) electrons. The molecule has 0 aliphatic carbocycles. The molecule has 0 aromatic heterocycles. The molecule has 1 aromatic rings. The van der Waals surface area contributed by atoms with Gasteiger partial charge in [0.25, 0.3) is 0 Å². The van der Waals surface area contributed by atoms with E-state index in [1.165, 1.54) is 23.1 Å². The molecule has 0 spiro atoms. The summed E-state index contributed by atoms with van der Waals surface area (Å²) in [6.07, 6.45) is 2.30. The Hall–Kier alpha value is -0.860. The third kappa shape index (κ3) is 5.33. The van der Waals surface area contributed by atoms with Gasteiger partial charge in [-0.2, -0.15) is 0 Å². The molecule has 0 aliphatic heterocycles. The highest BCUT2D eigenvalue weighted by Gasteiger charge is 2.15. The predicted molar refractivity (Wildman–Crippen MR) is 84.5 cm³/mol. The Morgan fingerprint density at radius 3 is 2.42 bits per heavy atom. The Kier molecular flexibility index (Phi) is 6.02. The van der Waals surface area contributed by atoms with Crippen LogP contribution in [0.25, 0.3) is 0 Å². The normalized spacial score (nSPS) is 12.2. The Labute approximate surface area is 119 Å². The monoisotopic (exact) mass is 262 g/mol. The van der Waals surface area contributed by atoms with Gasteiger partial charge >= 0.3 is 0 Å². The van der Waals surface area contributed by atoms with Crippen molar-refractivity contribution in [2.75, 3.05) is 20.1 Å². The second-order valence-corrected chi connectivity index (χ2v) is 6.62. The SMILES string of the molecule is Cc1ccc(C(C)(C)C)cc1CN(C)CCCCN. The molecule has 0 unspecified atom stereocenters. The molecule has 0 aliphatic rings. The van der Waals surface area contributed by atoms with Crippen molar-refractivity contribution >= 4 is 0 Å². The molecule has 0 saturated heterocycles. The summed E-state index contributed by atoms with van der Waals surface area (Å²) < 4.78 is 0. The van der Waals surface area contributed by atoms with Crippen molar-refractivity contribution in [1.82, 2.24) is 4.90 Å². The van der Waals surface area contributed by atoms with E-state index in [2.05, 4.69) is 57.8 Å². The molecule has 1 rings (SSSR count). The zero-order valence-corrected chi connectivity index (χ0v) is 13.3. The average Bonchev–Trinajstić information content (AvgIpc) is 2.31. The average molecular weight is 262 g/mol. The zero-order chi connectivity index (χ0) is 14.5. The molecule has 1 aromatic carbocycles. The number of unbranched alkanes of at least 4 members (excludes halogenated alkanes) is 1. The molecule has 2 heteroatoms. The fourth-order valence-corrected chi connectivity index (χ4v) is 2.20. The Morgan fingerprint density at radius 2 is 1.84 bits per heavy atom. The van der Waals surface area contributed by atoms with Crippen LogP contribution in [0.4, 0.5) is 0 Å². The Balaban J connectivity index is 2.71. The molecule has 108 valence electrons. The largest absolute Gasteiger partial charge is 0.330 e. The topological polar surface area (TPSA) is 29.3 Å². The predicted octanol–water partition coefficient (Wildman–Crippen LogP) is 3.46. The molecule has 0 bridgehead atoms. The lowest BCUT2D eigenvalue weighted by atomic mass is 9.85. The molecule has 0 amide bonds. The van der Waals surface area contributed by atoms with E-state index in [9.17, 15) is 0 Å². The molecule has 2 N–H and O–H groups in total. The van der Waals surface area contributed by atoms with Gasteiger partial charge in [0.1, 0.15) is 0 Å². The first-order valence-corrected chi connectivity index (χ1v) is 7.33. The van der Waals surface area contributed by atoms with Crippen LogP contribution in [0.3, 0.4) is 0 Å². The first-order chi connectivity index (χ1) is 8.84. The lowest BCUT2D eigenvalue weighted by Crippen LogP contribution is -2.21. The maximum atomic E-state index is 5.54. The van der Waals surface area contributed by atoms with Gasteiger partial charge in [-0.05, 0) is 62.0 Å². The van der Waals surface area contributed by atoms with Gasteiger partial charge in [-0.3, -0.25) is 0 Å². The number of aryl methyl sites for hydroxylation is 1. The van der Waals surface area contributed by atoms with Crippen molar-refractivity contribution in [3.8, 4) is 0 Å². The highest BCUT2D eigenvalue weighted by molar-refractivity contribution is 5.34. The molecule has 0 saturated carbocycles. The van der Waals surface area contributed by atoms with Crippen LogP contribution >= 0.6 is 0 Å². The van der Waals surface area contributed by atoms with E-state index in [0.29, 0.717) is 0 Å². The van der Waals surface area contributed by atoms with Crippen molar-refractivity contribution in [1.29, 1.82) is 0 Å². The van der Waals surface area contributed by atoms with E-state index in [1.54, 1.807) is 0 Å². The van der Waals surface area contributed by atoms with Crippen LogP contribution in [-0.4, -0.2) is 25.0 Å². The van der Waals surface area contributed by atoms with Crippen LogP contribution in [0.1, 0.15) is 50.3 Å². The van der Waals surface area contributed by atoms with Gasteiger partial charge in [0.2, 0.25) is 0 Å². The van der Waals surface area contributed by atoms with Gasteiger partial charge in [0.15, 0.2) is 0 Å². The first kappa shape index (κ1) is 16.2. The maximum absolute atomic E-state index is 5.54. The fourth-order valence-electron chi connectivity index (χ4n) is 2.20. The summed E-state index contributed by atoms with van der Waals surface area (Å²) in [5, 5.41) is 0. The number of benzene rings is 1. The lowest BCUT2D eigenvalue weighted by molar-refractivity contribution is 0.318. The van der Waals surface area contributed by atoms with E-state index < -0.39 is 0 Å². The summed E-state index contributed by atoms with van der Waals surface area (Å²) in [6.45, 7) is 12.0. The van der Waals surface area contributed by atoms with E-state index in [0.717, 1.165) is 26.1 Å². The van der Waals surface area contributed by atoms with Gasteiger partial charge in [0.05, 0.1) is 0 Å². The first-order valence-electron chi connectivity index (χ1n) is 7.33. The van der Waals surface area contributed by atoms with Crippen LogP contribution in [0.2, 0.25) is 0 Å². The highest BCUT2D eigenvalue weighted by Crippen LogP contribution is 2.25. The summed E-state index contributed by atoms with van der Waals surface area (Å²) >= 11 is 0. The quantitative estimate of drug-likeness (QED) is 0.796. The number of hydrogen-bond acceptors (Lipinski definition) is 2. The third-order valence-corrected chi connectivity index (χ3v) is 3.65. The van der Waals surface area contributed by atoms with Crippen LogP contribution in [0.15, 0.2) is 18.2 Å². The van der Waals surface area contributed by atoms with Crippen molar-refractivity contribution in [3.05, 3.63) is 34.9 Å². The minimum absolute atomic E-state index is 0.223. The van der Waals surface area contributed by atoms with Crippen LogP contribution in [0, 0.1) is 6.92 Å². The maximum Gasteiger partial charge on any atom is 0.0233 e. The summed E-state index contributed by atoms with van der Waals surface area (Å²) in [5.41, 5.74) is 10.0. The van der Waals surface area contributed by atoms with Crippen LogP contribution in [-0.2, 0) is 12.0 Å². The number of rotatable bonds is 6. The number of nitrogens with zero attached hydrogens (tertiary/aromatic N) is 1. The highest BCUT2D eigenvalue weighted by atomic mass is 15.1. The van der Waals surface area contributed by atoms with Crippen molar-refractivity contribution < 1.29 is 0 Å². The van der Waals surface area contributed by atoms with E-state index in [-0.39, 0.29) is 5.41 Å². The van der Waals surface area contributed by atoms with Gasteiger partial charge in [0, 0.05) is 6.54 Å². The molecule has 0 fully saturated rings. The third-order valence-electron chi connectivity index (χ3n) is 3.65. The Morgan fingerprint density at radius 1 is 1.16 bits per heavy atom. The lowest BCUT2D eigenvalue weighted by Gasteiger charge is -2.23. The van der Waals surface area contributed by atoms with E-state index in [1.807, 2.05) is 0 Å². The van der Waals surface area contributed by atoms with E-state index >= 15 is 0 Å².